The molecule has 51 heavy (non-hydrogen) atoms. The summed E-state index contributed by atoms with van der Waals surface area (Å²) in [4.78, 5) is 40.6. The first-order valence-corrected chi connectivity index (χ1v) is 16.9. The van der Waals surface area contributed by atoms with Gasteiger partial charge in [-0.05, 0) is 98.8 Å². The number of hydrogen-bond acceptors (Lipinski definition) is 5. The Morgan fingerprint density at radius 1 is 0.725 bits per heavy atom. The van der Waals surface area contributed by atoms with E-state index < -0.39 is 23.4 Å². The van der Waals surface area contributed by atoms with Gasteiger partial charge < -0.3 is 25.0 Å². The van der Waals surface area contributed by atoms with Gasteiger partial charge >= 0.3 is 6.09 Å². The van der Waals surface area contributed by atoms with E-state index in [1.54, 1.807) is 43.9 Å². The summed E-state index contributed by atoms with van der Waals surface area (Å²) in [6.45, 7) is 6.29. The number of hydrogen-bond donors (Lipinski definition) is 2. The van der Waals surface area contributed by atoms with Crippen LogP contribution in [0.5, 0.6) is 11.5 Å². The average Bonchev–Trinajstić information content (AvgIpc) is 3.12. The van der Waals surface area contributed by atoms with Gasteiger partial charge in [-0.3, -0.25) is 9.59 Å². The van der Waals surface area contributed by atoms with Crippen molar-refractivity contribution in [1.29, 1.82) is 0 Å². The molecule has 0 aromatic heterocycles. The second kappa shape index (κ2) is 17.1. The minimum Gasteiger partial charge on any atom is -0.455 e. The van der Waals surface area contributed by atoms with E-state index in [0.717, 1.165) is 16.7 Å². The fraction of sp³-hybridized carbons (Fsp3) is 0.214. The topological polar surface area (TPSA) is 97.0 Å². The number of ether oxygens (including phenoxy) is 2. The monoisotopic (exact) mass is 687 g/mol. The lowest BCUT2D eigenvalue weighted by Crippen LogP contribution is -2.33. The van der Waals surface area contributed by atoms with Crippen LogP contribution >= 0.6 is 0 Å². The van der Waals surface area contributed by atoms with Gasteiger partial charge in [-0.25, -0.2) is 9.18 Å². The van der Waals surface area contributed by atoms with Gasteiger partial charge in [0.25, 0.3) is 11.8 Å². The quantitative estimate of drug-likeness (QED) is 0.120. The van der Waals surface area contributed by atoms with Gasteiger partial charge in [-0.15, -0.1) is 0 Å². The minimum atomic E-state index is -0.610. The zero-order valence-electron chi connectivity index (χ0n) is 29.0. The molecule has 0 radical (unpaired) electrons. The number of benzene rings is 5. The third kappa shape index (κ3) is 10.5. The van der Waals surface area contributed by atoms with Crippen molar-refractivity contribution < 1.29 is 28.2 Å². The number of para-hydroxylation sites is 2. The second-order valence-corrected chi connectivity index (χ2v) is 12.9. The molecule has 5 aromatic carbocycles. The average molecular weight is 688 g/mol. The minimum absolute atomic E-state index is 0.0102. The van der Waals surface area contributed by atoms with Gasteiger partial charge in [0, 0.05) is 25.2 Å². The van der Waals surface area contributed by atoms with E-state index in [0.29, 0.717) is 48.7 Å². The fourth-order valence-electron chi connectivity index (χ4n) is 5.36. The van der Waals surface area contributed by atoms with Crippen LogP contribution in [0.15, 0.2) is 127 Å². The Morgan fingerprint density at radius 3 is 2.16 bits per heavy atom. The summed E-state index contributed by atoms with van der Waals surface area (Å²) in [6, 6.07) is 37.9. The van der Waals surface area contributed by atoms with Crippen molar-refractivity contribution >= 4 is 23.6 Å². The molecule has 2 N–H and O–H groups in total. The maximum atomic E-state index is 14.2. The Kier molecular flexibility index (Phi) is 12.2. The highest BCUT2D eigenvalue weighted by atomic mass is 19.1. The van der Waals surface area contributed by atoms with Crippen molar-refractivity contribution in [2.45, 2.75) is 45.8 Å². The van der Waals surface area contributed by atoms with Crippen molar-refractivity contribution in [3.8, 4) is 22.6 Å². The highest BCUT2D eigenvalue weighted by Gasteiger charge is 2.22. The number of nitrogens with one attached hydrogen (secondary N) is 2. The molecule has 0 unspecified atom stereocenters. The highest BCUT2D eigenvalue weighted by molar-refractivity contribution is 6.07. The van der Waals surface area contributed by atoms with Crippen LogP contribution in [-0.2, 0) is 11.3 Å². The molecule has 8 nitrogen and oxygen atoms in total. The van der Waals surface area contributed by atoms with E-state index in [2.05, 4.69) is 10.6 Å². The maximum absolute atomic E-state index is 14.2. The Bertz CT molecular complexity index is 1940. The molecule has 0 saturated carbocycles. The molecule has 5 rings (SSSR count). The Balaban J connectivity index is 1.33. The number of halogens is 1. The van der Waals surface area contributed by atoms with Crippen LogP contribution in [0.2, 0.25) is 0 Å². The molecule has 0 spiro atoms. The van der Waals surface area contributed by atoms with Crippen molar-refractivity contribution in [2.75, 3.05) is 18.0 Å². The van der Waals surface area contributed by atoms with E-state index in [9.17, 15) is 18.8 Å². The molecule has 262 valence electrons. The van der Waals surface area contributed by atoms with E-state index >= 15 is 0 Å². The zero-order chi connectivity index (χ0) is 36.2. The van der Waals surface area contributed by atoms with Crippen LogP contribution in [0.3, 0.4) is 0 Å². The van der Waals surface area contributed by atoms with Gasteiger partial charge in [0.05, 0.1) is 11.3 Å². The van der Waals surface area contributed by atoms with Gasteiger partial charge in [0.15, 0.2) is 5.75 Å². The number of unbranched alkanes of at least 4 members (excludes halogenated alkanes) is 1. The largest absolute Gasteiger partial charge is 0.455 e. The Labute approximate surface area is 298 Å². The zero-order valence-corrected chi connectivity index (χ0v) is 29.0. The first-order valence-electron chi connectivity index (χ1n) is 16.9. The van der Waals surface area contributed by atoms with Crippen molar-refractivity contribution in [3.05, 3.63) is 150 Å². The van der Waals surface area contributed by atoms with E-state index in [1.165, 1.54) is 18.2 Å². The summed E-state index contributed by atoms with van der Waals surface area (Å²) < 4.78 is 25.8. The first-order chi connectivity index (χ1) is 24.6. The second-order valence-electron chi connectivity index (χ2n) is 12.9. The van der Waals surface area contributed by atoms with Crippen molar-refractivity contribution in [1.82, 2.24) is 10.6 Å². The van der Waals surface area contributed by atoms with Crippen LogP contribution in [0.1, 0.15) is 59.9 Å². The summed E-state index contributed by atoms with van der Waals surface area (Å²) in [7, 11) is 0. The summed E-state index contributed by atoms with van der Waals surface area (Å²) in [6.07, 6.45) is 0.579. The molecule has 0 aliphatic rings. The summed E-state index contributed by atoms with van der Waals surface area (Å²) in [5.41, 5.74) is 3.31. The third-order valence-corrected chi connectivity index (χ3v) is 7.81. The third-order valence-electron chi connectivity index (χ3n) is 7.81. The number of anilines is 1. The number of carbonyl (C=O) groups excluding carboxylic acids is 3. The normalized spacial score (nSPS) is 11.0. The smallest absolute Gasteiger partial charge is 0.407 e. The van der Waals surface area contributed by atoms with Crippen LogP contribution < -0.4 is 20.3 Å². The number of amides is 3. The number of nitrogens with zero attached hydrogens (tertiary/aromatic N) is 1. The molecule has 0 atom stereocenters. The molecule has 0 fully saturated rings. The van der Waals surface area contributed by atoms with Gasteiger partial charge in [0.1, 0.15) is 17.2 Å². The maximum Gasteiger partial charge on any atom is 0.407 e. The number of carbonyl (C=O) groups is 3. The SMILES string of the molecule is CC(C)(C)OC(=O)NCc1cccc(Oc2ccccc2N(CCCCNC(=O)c2ccccc2F)C(=O)c2ccc(-c3ccccc3)cc2)c1. The van der Waals surface area contributed by atoms with Crippen LogP contribution in [0.4, 0.5) is 14.9 Å². The molecular formula is C42H42FN3O5. The lowest BCUT2D eigenvalue weighted by molar-refractivity contribution is 0.0523. The first kappa shape index (κ1) is 36.3. The lowest BCUT2D eigenvalue weighted by atomic mass is 10.0. The summed E-state index contributed by atoms with van der Waals surface area (Å²) in [5, 5.41) is 5.53. The molecule has 3 amide bonds. The van der Waals surface area contributed by atoms with Crippen LogP contribution in [-0.4, -0.2) is 36.6 Å². The predicted octanol–water partition coefficient (Wildman–Crippen LogP) is 9.17. The number of alkyl carbamates (subject to hydrolysis) is 1. The standard InChI is InChI=1S/C42H42FN3O5/c1-42(2,3)51-41(49)45-29-30-14-13-17-34(28-30)50-38-21-10-9-20-37(38)46(27-12-11-26-44-39(47)35-18-7-8-19-36(35)43)40(48)33-24-22-32(23-25-33)31-15-5-4-6-16-31/h4-10,13-25,28H,11-12,26-27,29H2,1-3H3,(H,44,47)(H,45,49). The predicted molar refractivity (Wildman–Crippen MR) is 198 cm³/mol. The van der Waals surface area contributed by atoms with Gasteiger partial charge in [-0.1, -0.05) is 78.9 Å². The molecule has 5 aromatic rings. The molecule has 0 heterocycles. The lowest BCUT2D eigenvalue weighted by Gasteiger charge is -2.25. The molecule has 0 saturated heterocycles. The highest BCUT2D eigenvalue weighted by Crippen LogP contribution is 2.34. The van der Waals surface area contributed by atoms with Crippen molar-refractivity contribution in [3.63, 3.8) is 0 Å². The summed E-state index contributed by atoms with van der Waals surface area (Å²) >= 11 is 0. The van der Waals surface area contributed by atoms with Crippen LogP contribution in [0, 0.1) is 5.82 Å². The van der Waals surface area contributed by atoms with E-state index in [-0.39, 0.29) is 18.0 Å². The van der Waals surface area contributed by atoms with E-state index in [1.807, 2.05) is 91.0 Å². The molecule has 0 aliphatic carbocycles. The van der Waals surface area contributed by atoms with Crippen LogP contribution in [0.25, 0.3) is 11.1 Å². The van der Waals surface area contributed by atoms with Gasteiger partial charge in [-0.2, -0.15) is 0 Å². The Morgan fingerprint density at radius 2 is 1.41 bits per heavy atom. The van der Waals surface area contributed by atoms with Crippen molar-refractivity contribution in [2.24, 2.45) is 0 Å². The van der Waals surface area contributed by atoms with Gasteiger partial charge in [0.2, 0.25) is 0 Å². The molecule has 9 heteroatoms. The van der Waals surface area contributed by atoms with E-state index in [4.69, 9.17) is 9.47 Å². The molecular weight excluding hydrogens is 645 g/mol. The fourth-order valence-corrected chi connectivity index (χ4v) is 5.36. The molecule has 0 aliphatic heterocycles. The molecule has 0 bridgehead atoms. The summed E-state index contributed by atoms with van der Waals surface area (Å²) in [5.74, 6) is -0.275. The Hall–Kier alpha value is -5.96. The number of rotatable bonds is 13.